The molecular weight excluding hydrogens is 701 g/mol. The first-order valence-corrected chi connectivity index (χ1v) is 18.7. The van der Waals surface area contributed by atoms with Gasteiger partial charge < -0.3 is 34.9 Å². The van der Waals surface area contributed by atoms with Crippen molar-refractivity contribution in [1.29, 1.82) is 0 Å². The van der Waals surface area contributed by atoms with Gasteiger partial charge in [0.25, 0.3) is 0 Å². The number of rotatable bonds is 11. The van der Waals surface area contributed by atoms with Crippen molar-refractivity contribution in [3.63, 3.8) is 0 Å². The minimum absolute atomic E-state index is 0.0885. The summed E-state index contributed by atoms with van der Waals surface area (Å²) >= 11 is 0. The van der Waals surface area contributed by atoms with Crippen LogP contribution in [0.25, 0.3) is 28.0 Å². The molecule has 14 nitrogen and oxygen atoms in total. The number of aliphatic imine (C=N–C) groups is 2. The van der Waals surface area contributed by atoms with Crippen molar-refractivity contribution in [3.05, 3.63) is 84.1 Å². The van der Waals surface area contributed by atoms with E-state index in [9.17, 15) is 19.2 Å². The smallest absolute Gasteiger partial charge is 0.407 e. The van der Waals surface area contributed by atoms with E-state index >= 15 is 0 Å². The van der Waals surface area contributed by atoms with Crippen molar-refractivity contribution in [1.82, 2.24) is 30.4 Å². The summed E-state index contributed by atoms with van der Waals surface area (Å²) in [7, 11) is 2.57. The van der Waals surface area contributed by atoms with Gasteiger partial charge in [-0.3, -0.25) is 19.6 Å². The first-order chi connectivity index (χ1) is 26.7. The highest BCUT2D eigenvalue weighted by Crippen LogP contribution is 2.34. The summed E-state index contributed by atoms with van der Waals surface area (Å²) < 4.78 is 9.47. The van der Waals surface area contributed by atoms with Crippen LogP contribution in [0.4, 0.5) is 9.59 Å². The van der Waals surface area contributed by atoms with Crippen molar-refractivity contribution in [2.45, 2.75) is 76.0 Å². The van der Waals surface area contributed by atoms with E-state index in [1.54, 1.807) is 30.4 Å². The molecule has 4 amide bonds. The van der Waals surface area contributed by atoms with E-state index in [1.807, 2.05) is 11.1 Å². The highest BCUT2D eigenvalue weighted by molar-refractivity contribution is 6.03. The number of carbonyl (C=O) groups is 4. The Kier molecular flexibility index (Phi) is 11.2. The second kappa shape index (κ2) is 16.5. The van der Waals surface area contributed by atoms with Gasteiger partial charge in [-0.2, -0.15) is 0 Å². The molecule has 4 aliphatic heterocycles. The lowest BCUT2D eigenvalue weighted by Gasteiger charge is -2.28. The molecule has 2 aromatic carbocycles. The molecule has 14 heteroatoms. The van der Waals surface area contributed by atoms with Crippen molar-refractivity contribution < 1.29 is 28.7 Å². The first kappa shape index (κ1) is 37.3. The van der Waals surface area contributed by atoms with E-state index in [2.05, 4.69) is 73.9 Å². The Bertz CT molecular complexity index is 2050. The minimum atomic E-state index is -0.758. The third kappa shape index (κ3) is 8.22. The number of likely N-dealkylation sites (tertiary alicyclic amines) is 2. The third-order valence-electron chi connectivity index (χ3n) is 10.8. The SMILES string of the molecule is COC(=O)N[C@@H](C)C(=O)N1CCC[C@H]1C1=NC=C(c2ccc(-c3ccc(-c4cnc([C@@H]5CCCN5C(=O)[C@H](CC5=CN=CC5)NC(=O)OC)[nH]4)cc3)cc2)C1. The molecule has 5 heterocycles. The van der Waals surface area contributed by atoms with E-state index in [1.165, 1.54) is 14.2 Å². The summed E-state index contributed by atoms with van der Waals surface area (Å²) in [5, 5.41) is 5.30. The van der Waals surface area contributed by atoms with Crippen LogP contribution in [0, 0.1) is 0 Å². The number of hydrogen-bond acceptors (Lipinski definition) is 9. The molecule has 1 aromatic heterocycles. The number of ether oxygens (including phenoxy) is 2. The topological polar surface area (TPSA) is 171 Å². The van der Waals surface area contributed by atoms with Gasteiger partial charge in [-0.05, 0) is 72.4 Å². The van der Waals surface area contributed by atoms with Gasteiger partial charge >= 0.3 is 12.2 Å². The van der Waals surface area contributed by atoms with Crippen molar-refractivity contribution >= 4 is 41.5 Å². The average molecular weight is 747 g/mol. The average Bonchev–Trinajstić information content (AvgIpc) is 4.06. The lowest BCUT2D eigenvalue weighted by atomic mass is 9.96. The summed E-state index contributed by atoms with van der Waals surface area (Å²) in [6.45, 7) is 2.88. The highest BCUT2D eigenvalue weighted by Gasteiger charge is 2.38. The van der Waals surface area contributed by atoms with E-state index in [4.69, 9.17) is 14.7 Å². The van der Waals surface area contributed by atoms with Crippen LogP contribution >= 0.6 is 0 Å². The Morgan fingerprint density at radius 2 is 1.44 bits per heavy atom. The van der Waals surface area contributed by atoms with Crippen molar-refractivity contribution in [2.24, 2.45) is 9.98 Å². The van der Waals surface area contributed by atoms with Gasteiger partial charge in [-0.15, -0.1) is 0 Å². The zero-order valence-electron chi connectivity index (χ0n) is 31.3. The second-order valence-electron chi connectivity index (χ2n) is 14.2. The monoisotopic (exact) mass is 746 g/mol. The number of benzene rings is 2. The molecule has 2 saturated heterocycles. The number of nitrogens with one attached hydrogen (secondary N) is 3. The molecule has 286 valence electrons. The molecule has 0 aliphatic carbocycles. The molecule has 0 unspecified atom stereocenters. The molecule has 3 aromatic rings. The molecule has 0 radical (unpaired) electrons. The lowest BCUT2D eigenvalue weighted by Crippen LogP contribution is -2.50. The summed E-state index contributed by atoms with van der Waals surface area (Å²) in [6.07, 6.45) is 11.0. The van der Waals surface area contributed by atoms with Crippen LogP contribution in [-0.2, 0) is 19.1 Å². The number of allylic oxidation sites excluding steroid dienone is 1. The van der Waals surface area contributed by atoms with Crippen LogP contribution in [0.15, 0.2) is 82.7 Å². The number of carbonyl (C=O) groups excluding carboxylic acids is 4. The lowest BCUT2D eigenvalue weighted by molar-refractivity contribution is -0.134. The summed E-state index contributed by atoms with van der Waals surface area (Å²) in [4.78, 5) is 71.4. The Hall–Kier alpha value is -6.05. The molecule has 55 heavy (non-hydrogen) atoms. The normalized spacial score (nSPS) is 20.1. The summed E-state index contributed by atoms with van der Waals surface area (Å²) in [5.41, 5.74) is 8.11. The summed E-state index contributed by atoms with van der Waals surface area (Å²) in [5.74, 6) is 0.412. The Labute approximate surface area is 319 Å². The van der Waals surface area contributed by atoms with Gasteiger partial charge in [-0.1, -0.05) is 48.5 Å². The zero-order valence-corrected chi connectivity index (χ0v) is 31.3. The largest absolute Gasteiger partial charge is 0.453 e. The zero-order chi connectivity index (χ0) is 38.5. The number of methoxy groups -OCH3 is 2. The Morgan fingerprint density at radius 1 is 0.818 bits per heavy atom. The van der Waals surface area contributed by atoms with E-state index in [0.717, 1.165) is 70.5 Å². The Balaban J connectivity index is 0.964. The highest BCUT2D eigenvalue weighted by atomic mass is 16.5. The predicted octanol–water partition coefficient (Wildman–Crippen LogP) is 5.80. The number of nitrogens with zero attached hydrogens (tertiary/aromatic N) is 5. The maximum absolute atomic E-state index is 13.8. The fraction of sp³-hybridized carbons (Fsp3) is 0.390. The number of H-pyrrole nitrogens is 1. The minimum Gasteiger partial charge on any atom is -0.453 e. The number of aromatic nitrogens is 2. The molecular formula is C41H46N8O6. The maximum atomic E-state index is 13.8. The summed E-state index contributed by atoms with van der Waals surface area (Å²) in [6, 6.07) is 14.9. The third-order valence-corrected chi connectivity index (χ3v) is 10.8. The molecule has 0 spiro atoms. The van der Waals surface area contributed by atoms with Gasteiger partial charge in [0.2, 0.25) is 11.8 Å². The van der Waals surface area contributed by atoms with Crippen molar-refractivity contribution in [3.8, 4) is 22.4 Å². The quantitative estimate of drug-likeness (QED) is 0.223. The standard InChI is InChI=1S/C41H46N8O6/c1-25(45-40(52)54-2)38(50)48-18-4-6-35(48)32-21-31(23-43-32)29-10-8-27(9-11-29)28-12-14-30(15-13-28)34-24-44-37(46-34)36-7-5-19-49(36)39(51)33(47-41(53)55-3)20-26-16-17-42-22-26/h8-15,17,22-25,33,35-36H,4-7,16,18-21H2,1-3H3,(H,44,46)(H,45,52)(H,47,53)/t25-,33-,35-,36-/m0/s1. The van der Waals surface area contributed by atoms with Gasteiger partial charge in [0.1, 0.15) is 17.9 Å². The molecule has 0 saturated carbocycles. The molecule has 7 rings (SSSR count). The van der Waals surface area contributed by atoms with Crippen LogP contribution in [0.2, 0.25) is 0 Å². The molecule has 4 atom stereocenters. The number of aromatic amines is 1. The molecule has 4 aliphatic rings. The predicted molar refractivity (Wildman–Crippen MR) is 208 cm³/mol. The van der Waals surface area contributed by atoms with Gasteiger partial charge in [0.05, 0.1) is 38.2 Å². The number of alkyl carbamates (subject to hydrolysis) is 2. The second-order valence-corrected chi connectivity index (χ2v) is 14.2. The van der Waals surface area contributed by atoms with Crippen molar-refractivity contribution in [2.75, 3.05) is 27.3 Å². The molecule has 2 fully saturated rings. The van der Waals surface area contributed by atoms with Crippen LogP contribution in [-0.4, -0.2) is 101 Å². The van der Waals surface area contributed by atoms with Crippen LogP contribution in [0.1, 0.15) is 69.3 Å². The fourth-order valence-corrected chi connectivity index (χ4v) is 7.82. The number of hydrogen-bond donors (Lipinski definition) is 3. The maximum Gasteiger partial charge on any atom is 0.407 e. The van der Waals surface area contributed by atoms with Crippen LogP contribution < -0.4 is 10.6 Å². The fourth-order valence-electron chi connectivity index (χ4n) is 7.82. The van der Waals surface area contributed by atoms with Crippen LogP contribution in [0.5, 0.6) is 0 Å². The number of amides is 4. The first-order valence-electron chi connectivity index (χ1n) is 18.7. The van der Waals surface area contributed by atoms with Gasteiger partial charge in [0.15, 0.2) is 0 Å². The van der Waals surface area contributed by atoms with Gasteiger partial charge in [0, 0.05) is 50.3 Å². The molecule has 0 bridgehead atoms. The van der Waals surface area contributed by atoms with E-state index in [-0.39, 0.29) is 23.9 Å². The Morgan fingerprint density at radius 3 is 2.09 bits per heavy atom. The van der Waals surface area contributed by atoms with E-state index < -0.39 is 24.3 Å². The van der Waals surface area contributed by atoms with Crippen LogP contribution in [0.3, 0.4) is 0 Å². The van der Waals surface area contributed by atoms with Gasteiger partial charge in [-0.25, -0.2) is 14.6 Å². The number of imidazole rings is 1. The molecule has 3 N–H and O–H groups in total. The van der Waals surface area contributed by atoms with E-state index in [0.29, 0.717) is 38.2 Å².